The topological polar surface area (TPSA) is 84.9 Å². The maximum absolute atomic E-state index is 11.8. The highest BCUT2D eigenvalue weighted by molar-refractivity contribution is 6.30. The summed E-state index contributed by atoms with van der Waals surface area (Å²) in [7, 11) is 0. The molecule has 0 aromatic heterocycles. The van der Waals surface area contributed by atoms with Gasteiger partial charge in [-0.1, -0.05) is 23.7 Å². The van der Waals surface area contributed by atoms with E-state index >= 15 is 0 Å². The van der Waals surface area contributed by atoms with Crippen LogP contribution in [0.5, 0.6) is 11.5 Å². The number of carbonyl (C=O) groups is 2. The van der Waals surface area contributed by atoms with Crippen molar-refractivity contribution in [3.8, 4) is 11.5 Å². The van der Waals surface area contributed by atoms with Crippen LogP contribution in [0.15, 0.2) is 48.5 Å². The van der Waals surface area contributed by atoms with Crippen molar-refractivity contribution in [2.75, 3.05) is 13.2 Å². The Morgan fingerprint density at radius 3 is 2.22 bits per heavy atom. The molecule has 0 radical (unpaired) electrons. The molecule has 0 heterocycles. The van der Waals surface area contributed by atoms with Crippen LogP contribution in [0.25, 0.3) is 0 Å². The molecule has 0 saturated carbocycles. The lowest BCUT2D eigenvalue weighted by molar-refractivity contribution is -0.152. The molecular formula is C20H22ClNO5. The first-order valence-electron chi connectivity index (χ1n) is 8.43. The average molecular weight is 392 g/mol. The van der Waals surface area contributed by atoms with Gasteiger partial charge < -0.3 is 19.9 Å². The van der Waals surface area contributed by atoms with E-state index in [2.05, 4.69) is 5.32 Å². The van der Waals surface area contributed by atoms with E-state index in [1.165, 1.54) is 13.8 Å². The third kappa shape index (κ3) is 6.83. The van der Waals surface area contributed by atoms with Gasteiger partial charge in [0, 0.05) is 11.6 Å². The summed E-state index contributed by atoms with van der Waals surface area (Å²) in [6, 6.07) is 13.9. The lowest BCUT2D eigenvalue weighted by atomic mass is 10.1. The highest BCUT2D eigenvalue weighted by atomic mass is 35.5. The molecule has 0 unspecified atom stereocenters. The Bertz CT molecular complexity index is 772. The summed E-state index contributed by atoms with van der Waals surface area (Å²) in [5.74, 6) is -0.191. The van der Waals surface area contributed by atoms with E-state index < -0.39 is 11.6 Å². The fourth-order valence-electron chi connectivity index (χ4n) is 2.14. The van der Waals surface area contributed by atoms with Crippen molar-refractivity contribution in [3.63, 3.8) is 0 Å². The summed E-state index contributed by atoms with van der Waals surface area (Å²) in [5.41, 5.74) is -0.297. The molecule has 1 amide bonds. The fraction of sp³-hybridized carbons (Fsp3) is 0.300. The second-order valence-electron chi connectivity index (χ2n) is 6.40. The lowest BCUT2D eigenvalue weighted by Crippen LogP contribution is -2.37. The smallest absolute Gasteiger partial charge is 0.347 e. The quantitative estimate of drug-likeness (QED) is 0.685. The minimum Gasteiger partial charge on any atom is -0.484 e. The average Bonchev–Trinajstić information content (AvgIpc) is 2.62. The molecule has 2 aromatic rings. The van der Waals surface area contributed by atoms with E-state index in [0.717, 1.165) is 5.56 Å². The minimum absolute atomic E-state index is 0.0708. The number of halogens is 1. The molecule has 2 aromatic carbocycles. The van der Waals surface area contributed by atoms with Gasteiger partial charge in [-0.25, -0.2) is 4.79 Å². The molecule has 2 N–H and O–H groups in total. The molecule has 0 fully saturated rings. The molecule has 7 heteroatoms. The first kappa shape index (κ1) is 20.6. The van der Waals surface area contributed by atoms with Gasteiger partial charge in [-0.3, -0.25) is 4.79 Å². The minimum atomic E-state index is -1.29. The Morgan fingerprint density at radius 1 is 1.04 bits per heavy atom. The summed E-state index contributed by atoms with van der Waals surface area (Å²) in [4.78, 5) is 22.9. The molecule has 0 spiro atoms. The summed E-state index contributed by atoms with van der Waals surface area (Å²) in [6.07, 6.45) is 0.634. The van der Waals surface area contributed by atoms with Gasteiger partial charge in [-0.05, 0) is 62.2 Å². The molecule has 2 rings (SSSR count). The standard InChI is InChI=1S/C20H22ClNO5/c1-20(2,19(24)25)27-17-7-3-14(4-8-17)11-12-22-18(23)13-26-16-9-5-15(21)6-10-16/h3-10H,11-13H2,1-2H3,(H,22,23)(H,24,25). The van der Waals surface area contributed by atoms with Gasteiger partial charge in [0.1, 0.15) is 11.5 Å². The molecule has 6 nitrogen and oxygen atoms in total. The second-order valence-corrected chi connectivity index (χ2v) is 6.84. The summed E-state index contributed by atoms with van der Waals surface area (Å²) in [6.45, 7) is 3.37. The Labute approximate surface area is 163 Å². The van der Waals surface area contributed by atoms with E-state index in [0.29, 0.717) is 29.5 Å². The van der Waals surface area contributed by atoms with Gasteiger partial charge in [0.15, 0.2) is 12.2 Å². The number of aliphatic carboxylic acids is 1. The Balaban J connectivity index is 1.72. The summed E-state index contributed by atoms with van der Waals surface area (Å²) >= 11 is 5.79. The number of benzene rings is 2. The SMILES string of the molecule is CC(C)(Oc1ccc(CCNC(=O)COc2ccc(Cl)cc2)cc1)C(=O)O. The van der Waals surface area contributed by atoms with Crippen LogP contribution in [0.3, 0.4) is 0 Å². The van der Waals surface area contributed by atoms with Crippen LogP contribution in [0.2, 0.25) is 5.02 Å². The number of hydrogen-bond donors (Lipinski definition) is 2. The zero-order valence-corrected chi connectivity index (χ0v) is 16.0. The van der Waals surface area contributed by atoms with E-state index in [-0.39, 0.29) is 12.5 Å². The summed E-state index contributed by atoms with van der Waals surface area (Å²) < 4.78 is 10.8. The van der Waals surface area contributed by atoms with Crippen LogP contribution in [0.4, 0.5) is 0 Å². The van der Waals surface area contributed by atoms with Crippen LogP contribution in [0.1, 0.15) is 19.4 Å². The van der Waals surface area contributed by atoms with Crippen LogP contribution >= 0.6 is 11.6 Å². The van der Waals surface area contributed by atoms with Crippen molar-refractivity contribution < 1.29 is 24.2 Å². The first-order chi connectivity index (χ1) is 12.8. The molecular weight excluding hydrogens is 370 g/mol. The van der Waals surface area contributed by atoms with E-state index in [1.54, 1.807) is 36.4 Å². The Hall–Kier alpha value is -2.73. The van der Waals surface area contributed by atoms with Crippen molar-refractivity contribution >= 4 is 23.5 Å². The van der Waals surface area contributed by atoms with Gasteiger partial charge in [0.25, 0.3) is 5.91 Å². The monoisotopic (exact) mass is 391 g/mol. The van der Waals surface area contributed by atoms with E-state index in [4.69, 9.17) is 26.2 Å². The highest BCUT2D eigenvalue weighted by Gasteiger charge is 2.29. The number of rotatable bonds is 9. The lowest BCUT2D eigenvalue weighted by Gasteiger charge is -2.21. The predicted octanol–water partition coefficient (Wildman–Crippen LogP) is 3.32. The number of amides is 1. The number of carboxylic acids is 1. The maximum atomic E-state index is 11.8. The third-order valence-corrected chi connectivity index (χ3v) is 3.98. The molecule has 144 valence electrons. The Morgan fingerprint density at radius 2 is 1.63 bits per heavy atom. The van der Waals surface area contributed by atoms with Crippen molar-refractivity contribution in [3.05, 3.63) is 59.1 Å². The van der Waals surface area contributed by atoms with Crippen LogP contribution in [-0.2, 0) is 16.0 Å². The zero-order chi connectivity index (χ0) is 19.9. The van der Waals surface area contributed by atoms with Gasteiger partial charge in [0.05, 0.1) is 0 Å². The molecule has 0 atom stereocenters. The van der Waals surface area contributed by atoms with Crippen molar-refractivity contribution in [2.45, 2.75) is 25.9 Å². The van der Waals surface area contributed by atoms with Crippen LogP contribution in [-0.4, -0.2) is 35.7 Å². The third-order valence-electron chi connectivity index (χ3n) is 3.73. The zero-order valence-electron chi connectivity index (χ0n) is 15.2. The number of ether oxygens (including phenoxy) is 2. The van der Waals surface area contributed by atoms with Crippen molar-refractivity contribution in [1.29, 1.82) is 0 Å². The number of carbonyl (C=O) groups excluding carboxylic acids is 1. The second kappa shape index (κ2) is 9.28. The number of nitrogens with one attached hydrogen (secondary N) is 1. The maximum Gasteiger partial charge on any atom is 0.347 e. The molecule has 0 aliphatic carbocycles. The van der Waals surface area contributed by atoms with Gasteiger partial charge in [-0.2, -0.15) is 0 Å². The molecule has 0 bridgehead atoms. The number of hydrogen-bond acceptors (Lipinski definition) is 4. The number of carboxylic acid groups (broad SMARTS) is 1. The molecule has 0 saturated heterocycles. The van der Waals surface area contributed by atoms with Crippen molar-refractivity contribution in [2.24, 2.45) is 0 Å². The van der Waals surface area contributed by atoms with Crippen molar-refractivity contribution in [1.82, 2.24) is 5.32 Å². The van der Waals surface area contributed by atoms with Crippen LogP contribution in [0, 0.1) is 0 Å². The summed E-state index contributed by atoms with van der Waals surface area (Å²) in [5, 5.41) is 12.5. The molecule has 0 aliphatic rings. The van der Waals surface area contributed by atoms with Gasteiger partial charge in [0.2, 0.25) is 0 Å². The highest BCUT2D eigenvalue weighted by Crippen LogP contribution is 2.19. The van der Waals surface area contributed by atoms with Gasteiger partial charge >= 0.3 is 5.97 Å². The first-order valence-corrected chi connectivity index (χ1v) is 8.80. The van der Waals surface area contributed by atoms with Crippen LogP contribution < -0.4 is 14.8 Å². The molecule has 27 heavy (non-hydrogen) atoms. The van der Waals surface area contributed by atoms with E-state index in [9.17, 15) is 9.59 Å². The Kier molecular flexibility index (Phi) is 7.07. The predicted molar refractivity (Wildman–Crippen MR) is 102 cm³/mol. The largest absolute Gasteiger partial charge is 0.484 e. The fourth-order valence-corrected chi connectivity index (χ4v) is 2.27. The molecule has 0 aliphatic heterocycles. The normalized spacial score (nSPS) is 10.9. The van der Waals surface area contributed by atoms with Gasteiger partial charge in [-0.15, -0.1) is 0 Å². The van der Waals surface area contributed by atoms with E-state index in [1.807, 2.05) is 12.1 Å².